The van der Waals surface area contributed by atoms with E-state index in [4.69, 9.17) is 0 Å². The van der Waals surface area contributed by atoms with Crippen molar-refractivity contribution in [2.45, 2.75) is 13.1 Å². The summed E-state index contributed by atoms with van der Waals surface area (Å²) in [5.74, 6) is -1.62. The fourth-order valence-corrected chi connectivity index (χ4v) is 0.709. The molecule has 0 fully saturated rings. The first kappa shape index (κ1) is 8.36. The molecule has 0 aliphatic carbocycles. The third kappa shape index (κ3) is 1.85. The van der Waals surface area contributed by atoms with Gasteiger partial charge in [-0.3, -0.25) is 5.01 Å². The van der Waals surface area contributed by atoms with Crippen molar-refractivity contribution >= 4 is 6.21 Å². The Morgan fingerprint density at radius 3 is 2.55 bits per heavy atom. The van der Waals surface area contributed by atoms with E-state index in [1.54, 1.807) is 6.92 Å². The van der Waals surface area contributed by atoms with E-state index in [-0.39, 0.29) is 0 Å². The smallest absolute Gasteiger partial charge is 0.291 e. The van der Waals surface area contributed by atoms with Crippen LogP contribution in [0.2, 0.25) is 0 Å². The molecule has 1 heterocycles. The number of hydrogen-bond donors (Lipinski definition) is 0. The summed E-state index contributed by atoms with van der Waals surface area (Å²) in [6.45, 7) is 3.18. The zero-order chi connectivity index (χ0) is 8.48. The fourth-order valence-electron chi connectivity index (χ4n) is 0.709. The van der Waals surface area contributed by atoms with Gasteiger partial charge in [-0.25, -0.2) is 0 Å². The van der Waals surface area contributed by atoms with Gasteiger partial charge in [0.1, 0.15) is 5.92 Å². The second-order valence-electron chi connectivity index (χ2n) is 2.15. The molecule has 0 saturated heterocycles. The van der Waals surface area contributed by atoms with E-state index < -0.39 is 12.1 Å². The molecule has 2 nitrogen and oxygen atoms in total. The van der Waals surface area contributed by atoms with Crippen molar-refractivity contribution in [3.8, 4) is 0 Å². The van der Waals surface area contributed by atoms with Crippen molar-refractivity contribution < 1.29 is 13.2 Å². The maximum Gasteiger partial charge on any atom is 0.399 e. The minimum atomic E-state index is -4.24. The molecule has 0 aromatic rings. The molecule has 1 unspecified atom stereocenters. The highest BCUT2D eigenvalue weighted by molar-refractivity contribution is 5.65. The molecule has 0 spiro atoms. The van der Waals surface area contributed by atoms with Crippen LogP contribution in [0.15, 0.2) is 5.10 Å². The van der Waals surface area contributed by atoms with Crippen LogP contribution in [0.1, 0.15) is 6.92 Å². The van der Waals surface area contributed by atoms with E-state index in [0.29, 0.717) is 6.54 Å². The molecule has 1 rings (SSSR count). The average molecular weight is 164 g/mol. The molecule has 5 heteroatoms. The van der Waals surface area contributed by atoms with Gasteiger partial charge >= 0.3 is 6.18 Å². The van der Waals surface area contributed by atoms with Gasteiger partial charge < -0.3 is 0 Å². The molecule has 1 aliphatic heterocycles. The molecule has 0 bridgehead atoms. The van der Waals surface area contributed by atoms with Crippen LogP contribution >= 0.6 is 0 Å². The van der Waals surface area contributed by atoms with Gasteiger partial charge in [0.15, 0.2) is 0 Å². The lowest BCUT2D eigenvalue weighted by molar-refractivity contribution is -0.148. The number of hydrazone groups is 1. The van der Waals surface area contributed by atoms with Gasteiger partial charge in [0.05, 0.1) is 12.8 Å². The normalized spacial score (nSPS) is 24.7. The van der Waals surface area contributed by atoms with Crippen LogP contribution < -0.4 is 0 Å². The minimum absolute atomic E-state index is 0.444. The highest BCUT2D eigenvalue weighted by atomic mass is 19.4. The molecular formula is C6H7F3N2. The second kappa shape index (κ2) is 2.71. The molecule has 2 radical (unpaired) electrons. The molecule has 0 amide bonds. The highest BCUT2D eigenvalue weighted by Crippen LogP contribution is 2.30. The topological polar surface area (TPSA) is 15.6 Å². The quantitative estimate of drug-likeness (QED) is 0.573. The molecule has 62 valence electrons. The summed E-state index contributed by atoms with van der Waals surface area (Å²) in [6.07, 6.45) is -2.27. The molecule has 0 aromatic carbocycles. The molecule has 1 atom stereocenters. The summed E-state index contributed by atoms with van der Waals surface area (Å²) in [6, 6.07) is 0. The predicted octanol–water partition coefficient (Wildman–Crippen LogP) is 1.52. The fraction of sp³-hybridized carbons (Fsp3) is 0.667. The van der Waals surface area contributed by atoms with Crippen molar-refractivity contribution in [1.82, 2.24) is 5.01 Å². The van der Waals surface area contributed by atoms with Crippen LogP contribution in [-0.2, 0) is 0 Å². The minimum Gasteiger partial charge on any atom is -0.291 e. The largest absolute Gasteiger partial charge is 0.399 e. The van der Waals surface area contributed by atoms with Gasteiger partial charge in [-0.15, -0.1) is 0 Å². The molecule has 11 heavy (non-hydrogen) atoms. The third-order valence-corrected chi connectivity index (χ3v) is 1.32. The summed E-state index contributed by atoms with van der Waals surface area (Å²) in [5, 5.41) is 4.63. The molecule has 0 saturated carbocycles. The average Bonchev–Trinajstić information content (AvgIpc) is 2.32. The van der Waals surface area contributed by atoms with Crippen molar-refractivity contribution in [3.63, 3.8) is 0 Å². The summed E-state index contributed by atoms with van der Waals surface area (Å²) in [4.78, 5) is 0. The Morgan fingerprint density at radius 1 is 1.64 bits per heavy atom. The van der Waals surface area contributed by atoms with Crippen LogP contribution in [0.3, 0.4) is 0 Å². The molecule has 0 aromatic heterocycles. The Morgan fingerprint density at radius 2 is 2.27 bits per heavy atom. The highest BCUT2D eigenvalue weighted by Gasteiger charge is 2.42. The van der Waals surface area contributed by atoms with Gasteiger partial charge in [0.25, 0.3) is 0 Å². The van der Waals surface area contributed by atoms with Crippen LogP contribution in [0.4, 0.5) is 13.2 Å². The van der Waals surface area contributed by atoms with Crippen LogP contribution in [0.25, 0.3) is 0 Å². The van der Waals surface area contributed by atoms with E-state index in [1.807, 2.05) is 6.21 Å². The molecular weight excluding hydrogens is 157 g/mol. The SMILES string of the molecule is CCN1[CH]C(C(F)(F)F)[C]=N1. The Balaban J connectivity index is 2.50. The second-order valence-corrected chi connectivity index (χ2v) is 2.15. The van der Waals surface area contributed by atoms with E-state index in [0.717, 1.165) is 6.54 Å². The van der Waals surface area contributed by atoms with Crippen LogP contribution in [0, 0.1) is 12.5 Å². The maximum absolute atomic E-state index is 11.9. The number of alkyl halides is 3. The van der Waals surface area contributed by atoms with E-state index in [2.05, 4.69) is 5.10 Å². The van der Waals surface area contributed by atoms with Gasteiger partial charge in [0.2, 0.25) is 0 Å². The third-order valence-electron chi connectivity index (χ3n) is 1.32. The number of nitrogens with zero attached hydrogens (tertiary/aromatic N) is 2. The predicted molar refractivity (Wildman–Crippen MR) is 33.7 cm³/mol. The lowest BCUT2D eigenvalue weighted by Gasteiger charge is -2.13. The molecule has 0 N–H and O–H groups in total. The van der Waals surface area contributed by atoms with E-state index in [9.17, 15) is 13.2 Å². The van der Waals surface area contributed by atoms with Crippen molar-refractivity contribution in [3.05, 3.63) is 6.54 Å². The van der Waals surface area contributed by atoms with Gasteiger partial charge in [0, 0.05) is 6.54 Å². The first-order valence-electron chi connectivity index (χ1n) is 3.18. The zero-order valence-electron chi connectivity index (χ0n) is 5.89. The van der Waals surface area contributed by atoms with Crippen LogP contribution in [-0.4, -0.2) is 23.9 Å². The van der Waals surface area contributed by atoms with Crippen molar-refractivity contribution in [2.24, 2.45) is 11.0 Å². The lowest BCUT2D eigenvalue weighted by Crippen LogP contribution is -2.25. The van der Waals surface area contributed by atoms with Gasteiger partial charge in [-0.1, -0.05) is 0 Å². The summed E-state index contributed by atoms with van der Waals surface area (Å²) >= 11 is 0. The zero-order valence-corrected chi connectivity index (χ0v) is 5.89. The molecule has 1 aliphatic rings. The van der Waals surface area contributed by atoms with Crippen molar-refractivity contribution in [1.29, 1.82) is 0 Å². The monoisotopic (exact) mass is 164 g/mol. The Kier molecular flexibility index (Phi) is 2.06. The summed E-state index contributed by atoms with van der Waals surface area (Å²) in [7, 11) is 0. The van der Waals surface area contributed by atoms with Crippen molar-refractivity contribution in [2.75, 3.05) is 6.54 Å². The van der Waals surface area contributed by atoms with E-state index in [1.165, 1.54) is 5.01 Å². The number of halogens is 3. The Bertz CT molecular complexity index is 164. The summed E-state index contributed by atoms with van der Waals surface area (Å²) in [5.41, 5.74) is 0. The van der Waals surface area contributed by atoms with Crippen LogP contribution in [0.5, 0.6) is 0 Å². The standard InChI is InChI=1S/C6H7F3N2/c1-2-11-4-5(3-10-11)6(7,8)9/h4-5H,2H2,1H3. The lowest BCUT2D eigenvalue weighted by atomic mass is 10.2. The Hall–Kier alpha value is -0.740. The Labute approximate surface area is 62.7 Å². The van der Waals surface area contributed by atoms with Gasteiger partial charge in [-0.05, 0) is 6.92 Å². The maximum atomic E-state index is 11.9. The first-order valence-corrected chi connectivity index (χ1v) is 3.18. The number of rotatable bonds is 1. The van der Waals surface area contributed by atoms with E-state index >= 15 is 0 Å². The summed E-state index contributed by atoms with van der Waals surface area (Å²) < 4.78 is 35.7. The number of hydrogen-bond acceptors (Lipinski definition) is 2. The van der Waals surface area contributed by atoms with Gasteiger partial charge in [-0.2, -0.15) is 18.3 Å². The first-order chi connectivity index (χ1) is 5.04.